The van der Waals surface area contributed by atoms with Crippen LogP contribution in [-0.4, -0.2) is 10.5 Å². The number of benzene rings is 2. The molecule has 0 amide bonds. The molecule has 3 aromatic rings. The summed E-state index contributed by atoms with van der Waals surface area (Å²) in [6.45, 7) is 8.67. The average Bonchev–Trinajstić information content (AvgIpc) is 2.90. The minimum absolute atomic E-state index is 0.00206. The van der Waals surface area contributed by atoms with Gasteiger partial charge < -0.3 is 5.32 Å². The molecule has 23 heavy (non-hydrogen) atoms. The van der Waals surface area contributed by atoms with Gasteiger partial charge in [0, 0.05) is 16.7 Å². The molecule has 3 heteroatoms. The van der Waals surface area contributed by atoms with E-state index in [-0.39, 0.29) is 5.54 Å². The van der Waals surface area contributed by atoms with Crippen molar-refractivity contribution in [2.75, 3.05) is 5.32 Å². The smallest absolute Gasteiger partial charge is 0.126 e. The van der Waals surface area contributed by atoms with Crippen LogP contribution in [0.2, 0.25) is 0 Å². The molecule has 0 bridgehead atoms. The van der Waals surface area contributed by atoms with Gasteiger partial charge in [-0.05, 0) is 33.3 Å². The predicted octanol–water partition coefficient (Wildman–Crippen LogP) is 6.00. The lowest BCUT2D eigenvalue weighted by Gasteiger charge is -2.21. The highest BCUT2D eigenvalue weighted by molar-refractivity contribution is 7.19. The molecule has 0 saturated heterocycles. The Bertz CT molecular complexity index is 798. The predicted molar refractivity (Wildman–Crippen MR) is 101 cm³/mol. The number of hydrogen-bond acceptors (Lipinski definition) is 3. The quantitative estimate of drug-likeness (QED) is 0.640. The van der Waals surface area contributed by atoms with Gasteiger partial charge in [-0.25, -0.2) is 4.98 Å². The van der Waals surface area contributed by atoms with E-state index < -0.39 is 0 Å². The van der Waals surface area contributed by atoms with Crippen molar-refractivity contribution < 1.29 is 0 Å². The summed E-state index contributed by atoms with van der Waals surface area (Å²) in [5.74, 6) is 0. The van der Waals surface area contributed by atoms with Gasteiger partial charge in [-0.2, -0.15) is 0 Å². The summed E-state index contributed by atoms with van der Waals surface area (Å²) in [6.07, 6.45) is 0. The normalized spacial score (nSPS) is 11.5. The summed E-state index contributed by atoms with van der Waals surface area (Å²) >= 11 is 1.72. The van der Waals surface area contributed by atoms with Crippen LogP contribution < -0.4 is 5.32 Å². The first-order valence-electron chi connectivity index (χ1n) is 7.84. The van der Waals surface area contributed by atoms with Crippen molar-refractivity contribution in [2.45, 2.75) is 33.2 Å². The van der Waals surface area contributed by atoms with E-state index in [1.54, 1.807) is 11.3 Å². The molecular weight excluding hydrogens is 300 g/mol. The van der Waals surface area contributed by atoms with Gasteiger partial charge in [0.15, 0.2) is 0 Å². The van der Waals surface area contributed by atoms with E-state index in [1.165, 1.54) is 11.1 Å². The van der Waals surface area contributed by atoms with E-state index in [0.29, 0.717) is 0 Å². The maximum absolute atomic E-state index is 4.95. The number of thiazole rings is 1. The molecule has 2 nitrogen and oxygen atoms in total. The van der Waals surface area contributed by atoms with Crippen molar-refractivity contribution in [3.63, 3.8) is 0 Å². The fourth-order valence-corrected chi connectivity index (χ4v) is 3.66. The van der Waals surface area contributed by atoms with Crippen LogP contribution in [0.1, 0.15) is 26.3 Å². The first kappa shape index (κ1) is 15.8. The van der Waals surface area contributed by atoms with Crippen molar-refractivity contribution in [3.05, 3.63) is 60.2 Å². The third-order valence-electron chi connectivity index (χ3n) is 3.54. The molecule has 0 aliphatic heterocycles. The Labute approximate surface area is 142 Å². The molecular formula is C20H22N2S. The van der Waals surface area contributed by atoms with Gasteiger partial charge in [0.1, 0.15) is 15.7 Å². The van der Waals surface area contributed by atoms with E-state index in [0.717, 1.165) is 21.3 Å². The van der Waals surface area contributed by atoms with E-state index in [2.05, 4.69) is 81.5 Å². The molecule has 1 N–H and O–H groups in total. The number of hydrogen-bond donors (Lipinski definition) is 1. The van der Waals surface area contributed by atoms with Crippen LogP contribution in [0.4, 0.5) is 5.00 Å². The first-order chi connectivity index (χ1) is 10.9. The van der Waals surface area contributed by atoms with E-state index in [1.807, 2.05) is 6.07 Å². The van der Waals surface area contributed by atoms with Gasteiger partial charge in [-0.1, -0.05) is 65.9 Å². The second-order valence-electron chi connectivity index (χ2n) is 6.75. The number of nitrogens with one attached hydrogen (secondary N) is 1. The zero-order valence-corrected chi connectivity index (χ0v) is 14.9. The third kappa shape index (κ3) is 3.62. The topological polar surface area (TPSA) is 24.9 Å². The summed E-state index contributed by atoms with van der Waals surface area (Å²) in [5, 5.41) is 5.80. The summed E-state index contributed by atoms with van der Waals surface area (Å²) in [4.78, 5) is 4.95. The Morgan fingerprint density at radius 1 is 0.913 bits per heavy atom. The molecule has 1 heterocycles. The Morgan fingerprint density at radius 2 is 1.57 bits per heavy atom. The standard InChI is InChI=1S/C20H22N2S/c1-14-10-8-9-13-16(14)17-19(22-20(2,3)4)23-18(21-17)15-11-6-5-7-12-15/h5-13,22H,1-4H3. The lowest BCUT2D eigenvalue weighted by Crippen LogP contribution is -2.25. The highest BCUT2D eigenvalue weighted by atomic mass is 32.1. The maximum atomic E-state index is 4.95. The van der Waals surface area contributed by atoms with Crippen LogP contribution in [0.3, 0.4) is 0 Å². The molecule has 1 aromatic heterocycles. The van der Waals surface area contributed by atoms with Crippen LogP contribution in [-0.2, 0) is 0 Å². The number of nitrogens with zero attached hydrogens (tertiary/aromatic N) is 1. The van der Waals surface area contributed by atoms with Crippen LogP contribution in [0, 0.1) is 6.92 Å². The number of anilines is 1. The summed E-state index contributed by atoms with van der Waals surface area (Å²) in [6, 6.07) is 18.8. The molecule has 118 valence electrons. The summed E-state index contributed by atoms with van der Waals surface area (Å²) in [5.41, 5.74) is 4.64. The van der Waals surface area contributed by atoms with Crippen LogP contribution in [0.25, 0.3) is 21.8 Å². The van der Waals surface area contributed by atoms with Crippen molar-refractivity contribution in [3.8, 4) is 21.8 Å². The van der Waals surface area contributed by atoms with E-state index >= 15 is 0 Å². The van der Waals surface area contributed by atoms with Gasteiger partial charge in [0.2, 0.25) is 0 Å². The van der Waals surface area contributed by atoms with Gasteiger partial charge in [-0.3, -0.25) is 0 Å². The fourth-order valence-electron chi connectivity index (χ4n) is 2.47. The van der Waals surface area contributed by atoms with Gasteiger partial charge >= 0.3 is 0 Å². The minimum atomic E-state index is -0.00206. The second kappa shape index (κ2) is 6.17. The minimum Gasteiger partial charge on any atom is -0.370 e. The highest BCUT2D eigenvalue weighted by Crippen LogP contribution is 2.40. The lowest BCUT2D eigenvalue weighted by atomic mass is 10.1. The molecule has 0 aliphatic carbocycles. The van der Waals surface area contributed by atoms with Crippen LogP contribution in [0.15, 0.2) is 54.6 Å². The largest absolute Gasteiger partial charge is 0.370 e. The molecule has 0 spiro atoms. The Balaban J connectivity index is 2.13. The molecule has 0 atom stereocenters. The maximum Gasteiger partial charge on any atom is 0.126 e. The van der Waals surface area contributed by atoms with Gasteiger partial charge in [0.25, 0.3) is 0 Å². The zero-order valence-electron chi connectivity index (χ0n) is 14.1. The highest BCUT2D eigenvalue weighted by Gasteiger charge is 2.19. The molecule has 0 radical (unpaired) electrons. The number of aryl methyl sites for hydroxylation is 1. The Morgan fingerprint density at radius 3 is 2.22 bits per heavy atom. The molecule has 0 saturated carbocycles. The van der Waals surface area contributed by atoms with Crippen molar-refractivity contribution in [2.24, 2.45) is 0 Å². The summed E-state index contributed by atoms with van der Waals surface area (Å²) < 4.78 is 0. The summed E-state index contributed by atoms with van der Waals surface area (Å²) in [7, 11) is 0. The first-order valence-corrected chi connectivity index (χ1v) is 8.66. The van der Waals surface area contributed by atoms with Gasteiger partial charge in [0.05, 0.1) is 0 Å². The Kier molecular flexibility index (Phi) is 4.22. The number of aromatic nitrogens is 1. The van der Waals surface area contributed by atoms with Crippen LogP contribution >= 0.6 is 11.3 Å². The molecule has 3 rings (SSSR count). The Hall–Kier alpha value is -2.13. The lowest BCUT2D eigenvalue weighted by molar-refractivity contribution is 0.636. The molecule has 2 aromatic carbocycles. The van der Waals surface area contributed by atoms with Crippen molar-refractivity contribution >= 4 is 16.3 Å². The van der Waals surface area contributed by atoms with E-state index in [9.17, 15) is 0 Å². The van der Waals surface area contributed by atoms with Crippen molar-refractivity contribution in [1.82, 2.24) is 4.98 Å². The SMILES string of the molecule is Cc1ccccc1-c1nc(-c2ccccc2)sc1NC(C)(C)C. The van der Waals surface area contributed by atoms with Crippen molar-refractivity contribution in [1.29, 1.82) is 0 Å². The second-order valence-corrected chi connectivity index (χ2v) is 7.75. The monoisotopic (exact) mass is 322 g/mol. The average molecular weight is 322 g/mol. The van der Waals surface area contributed by atoms with Gasteiger partial charge in [-0.15, -0.1) is 0 Å². The molecule has 0 aliphatic rings. The number of rotatable bonds is 3. The van der Waals surface area contributed by atoms with E-state index in [4.69, 9.17) is 4.98 Å². The molecule has 0 unspecified atom stereocenters. The fraction of sp³-hybridized carbons (Fsp3) is 0.250. The zero-order chi connectivity index (χ0) is 16.4. The molecule has 0 fully saturated rings. The third-order valence-corrected chi connectivity index (χ3v) is 4.56. The van der Waals surface area contributed by atoms with Crippen LogP contribution in [0.5, 0.6) is 0 Å².